The highest BCUT2D eigenvalue weighted by Gasteiger charge is 2.11. The Bertz CT molecular complexity index is 1320. The van der Waals surface area contributed by atoms with Gasteiger partial charge in [-0.2, -0.15) is 5.26 Å². The zero-order chi connectivity index (χ0) is 22.5. The fourth-order valence-electron chi connectivity index (χ4n) is 3.17. The molecule has 0 amide bonds. The van der Waals surface area contributed by atoms with Crippen molar-refractivity contribution in [1.82, 2.24) is 9.97 Å². The van der Waals surface area contributed by atoms with Crippen LogP contribution in [-0.4, -0.2) is 16.6 Å². The molecule has 0 bridgehead atoms. The van der Waals surface area contributed by atoms with E-state index in [-0.39, 0.29) is 5.82 Å². The first-order valence-electron chi connectivity index (χ1n) is 9.97. The number of ether oxygens (including phenoxy) is 2. The molecule has 5 nitrogen and oxygen atoms in total. The molecule has 32 heavy (non-hydrogen) atoms. The maximum absolute atomic E-state index is 13.5. The van der Waals surface area contributed by atoms with Crippen molar-refractivity contribution in [3.63, 3.8) is 0 Å². The van der Waals surface area contributed by atoms with Crippen LogP contribution in [0.3, 0.4) is 0 Å². The van der Waals surface area contributed by atoms with Crippen LogP contribution < -0.4 is 9.47 Å². The molecular weight excluding hydrogens is 473 g/mol. The Morgan fingerprint density at radius 1 is 1.09 bits per heavy atom. The van der Waals surface area contributed by atoms with Crippen LogP contribution in [-0.2, 0) is 6.61 Å². The molecule has 0 aliphatic heterocycles. The molecule has 0 unspecified atom stereocenters. The number of halogens is 2. The first kappa shape index (κ1) is 21.6. The van der Waals surface area contributed by atoms with Crippen LogP contribution in [0, 0.1) is 17.1 Å². The average molecular weight is 492 g/mol. The van der Waals surface area contributed by atoms with Gasteiger partial charge in [0.15, 0.2) is 11.5 Å². The van der Waals surface area contributed by atoms with E-state index in [0.29, 0.717) is 47.1 Å². The van der Waals surface area contributed by atoms with Gasteiger partial charge >= 0.3 is 0 Å². The van der Waals surface area contributed by atoms with Gasteiger partial charge in [-0.1, -0.05) is 34.1 Å². The number of allylic oxidation sites excluding steroid dienone is 1. The van der Waals surface area contributed by atoms with Crippen molar-refractivity contribution in [3.8, 4) is 17.6 Å². The summed E-state index contributed by atoms with van der Waals surface area (Å²) in [6.07, 6.45) is 1.70. The number of nitrogens with one attached hydrogen (secondary N) is 1. The third-order valence-corrected chi connectivity index (χ3v) is 5.23. The van der Waals surface area contributed by atoms with E-state index < -0.39 is 0 Å². The summed E-state index contributed by atoms with van der Waals surface area (Å²) < 4.78 is 26.2. The molecule has 1 aromatic heterocycles. The van der Waals surface area contributed by atoms with Crippen LogP contribution >= 0.6 is 15.9 Å². The summed E-state index contributed by atoms with van der Waals surface area (Å²) in [5, 5.41) is 9.67. The molecule has 1 heterocycles. The minimum absolute atomic E-state index is 0.326. The molecule has 7 heteroatoms. The van der Waals surface area contributed by atoms with Gasteiger partial charge in [0.2, 0.25) is 0 Å². The Balaban J connectivity index is 1.60. The third kappa shape index (κ3) is 4.98. The van der Waals surface area contributed by atoms with E-state index in [0.717, 1.165) is 15.6 Å². The third-order valence-electron chi connectivity index (χ3n) is 4.71. The van der Waals surface area contributed by atoms with Gasteiger partial charge in [0.05, 0.1) is 23.2 Å². The second-order valence-electron chi connectivity index (χ2n) is 6.97. The Hall–Kier alpha value is -3.63. The van der Waals surface area contributed by atoms with Crippen LogP contribution in [0.25, 0.3) is 22.7 Å². The lowest BCUT2D eigenvalue weighted by molar-refractivity contribution is 0.269. The highest BCUT2D eigenvalue weighted by Crippen LogP contribution is 2.31. The number of hydrogen-bond donors (Lipinski definition) is 1. The topological polar surface area (TPSA) is 70.9 Å². The summed E-state index contributed by atoms with van der Waals surface area (Å²) >= 11 is 3.42. The molecule has 0 saturated carbocycles. The number of aromatic amines is 1. The van der Waals surface area contributed by atoms with Gasteiger partial charge in [-0.15, -0.1) is 0 Å². The number of imidazole rings is 1. The monoisotopic (exact) mass is 491 g/mol. The largest absolute Gasteiger partial charge is 0.490 e. The predicted octanol–water partition coefficient (Wildman–Crippen LogP) is 6.51. The highest BCUT2D eigenvalue weighted by atomic mass is 79.9. The number of fused-ring (bicyclic) bond motifs is 1. The SMILES string of the molecule is CCOc1cc(/C=C(/C#N)c2nc3ccc(F)cc3[nH]2)ccc1OCc1ccc(Br)cc1. The maximum atomic E-state index is 13.5. The van der Waals surface area contributed by atoms with E-state index in [4.69, 9.17) is 9.47 Å². The molecule has 0 atom stereocenters. The molecule has 1 N–H and O–H groups in total. The van der Waals surface area contributed by atoms with Crippen LogP contribution in [0.2, 0.25) is 0 Å². The molecule has 0 fully saturated rings. The minimum atomic E-state index is -0.365. The molecular formula is C25H19BrFN3O2. The Morgan fingerprint density at radius 2 is 1.91 bits per heavy atom. The summed E-state index contributed by atoms with van der Waals surface area (Å²) in [6, 6.07) is 19.8. The van der Waals surface area contributed by atoms with Crippen molar-refractivity contribution in [2.45, 2.75) is 13.5 Å². The number of hydrogen-bond acceptors (Lipinski definition) is 4. The standard InChI is InChI=1S/C25H19BrFN3O2/c1-2-31-24-12-17(5-10-23(24)32-15-16-3-6-19(26)7-4-16)11-18(14-28)25-29-21-9-8-20(27)13-22(21)30-25/h3-13H,2,15H2,1H3,(H,29,30)/b18-11-. The summed E-state index contributed by atoms with van der Waals surface area (Å²) in [6.45, 7) is 2.78. The van der Waals surface area contributed by atoms with Crippen molar-refractivity contribution < 1.29 is 13.9 Å². The van der Waals surface area contributed by atoms with Gasteiger partial charge in [0, 0.05) is 4.47 Å². The van der Waals surface area contributed by atoms with Crippen LogP contribution in [0.1, 0.15) is 23.9 Å². The molecule has 0 aliphatic carbocycles. The molecule has 0 radical (unpaired) electrons. The lowest BCUT2D eigenvalue weighted by atomic mass is 10.1. The first-order valence-corrected chi connectivity index (χ1v) is 10.8. The first-order chi connectivity index (χ1) is 15.6. The highest BCUT2D eigenvalue weighted by molar-refractivity contribution is 9.10. The lowest BCUT2D eigenvalue weighted by Gasteiger charge is -2.13. The number of nitrogens with zero attached hydrogens (tertiary/aromatic N) is 2. The minimum Gasteiger partial charge on any atom is -0.490 e. The van der Waals surface area contributed by atoms with Crippen LogP contribution in [0.15, 0.2) is 65.1 Å². The van der Waals surface area contributed by atoms with Gasteiger partial charge in [0.25, 0.3) is 0 Å². The average Bonchev–Trinajstić information content (AvgIpc) is 3.21. The number of aromatic nitrogens is 2. The molecule has 4 rings (SSSR count). The van der Waals surface area contributed by atoms with Gasteiger partial charge in [-0.3, -0.25) is 0 Å². The number of rotatable bonds is 7. The smallest absolute Gasteiger partial charge is 0.161 e. The number of H-pyrrole nitrogens is 1. The summed E-state index contributed by atoms with van der Waals surface area (Å²) in [4.78, 5) is 7.39. The second kappa shape index (κ2) is 9.67. The quantitative estimate of drug-likeness (QED) is 0.299. The Kier molecular flexibility index (Phi) is 6.52. The molecule has 4 aromatic rings. The number of nitriles is 1. The van der Waals surface area contributed by atoms with E-state index in [9.17, 15) is 9.65 Å². The van der Waals surface area contributed by atoms with E-state index in [1.54, 1.807) is 12.1 Å². The summed E-state index contributed by atoms with van der Waals surface area (Å²) in [5.74, 6) is 1.21. The predicted molar refractivity (Wildman–Crippen MR) is 126 cm³/mol. The van der Waals surface area contributed by atoms with Crippen molar-refractivity contribution >= 4 is 38.6 Å². The van der Waals surface area contributed by atoms with E-state index >= 15 is 0 Å². The fraction of sp³-hybridized carbons (Fsp3) is 0.120. The van der Waals surface area contributed by atoms with Crippen molar-refractivity contribution in [1.29, 1.82) is 5.26 Å². The second-order valence-corrected chi connectivity index (χ2v) is 7.89. The molecule has 0 spiro atoms. The van der Waals surface area contributed by atoms with Crippen molar-refractivity contribution in [2.24, 2.45) is 0 Å². The summed E-state index contributed by atoms with van der Waals surface area (Å²) in [5.41, 5.74) is 3.25. The molecule has 160 valence electrons. The fourth-order valence-corrected chi connectivity index (χ4v) is 3.44. The van der Waals surface area contributed by atoms with Gasteiger partial charge < -0.3 is 14.5 Å². The normalized spacial score (nSPS) is 11.4. The summed E-state index contributed by atoms with van der Waals surface area (Å²) in [7, 11) is 0. The van der Waals surface area contributed by atoms with Crippen molar-refractivity contribution in [3.05, 3.63) is 87.9 Å². The van der Waals surface area contributed by atoms with Gasteiger partial charge in [0.1, 0.15) is 24.3 Å². The Labute approximate surface area is 193 Å². The molecule has 0 aliphatic rings. The number of benzene rings is 3. The van der Waals surface area contributed by atoms with Gasteiger partial charge in [-0.25, -0.2) is 9.37 Å². The van der Waals surface area contributed by atoms with Crippen LogP contribution in [0.4, 0.5) is 4.39 Å². The van der Waals surface area contributed by atoms with E-state index in [1.807, 2.05) is 49.4 Å². The van der Waals surface area contributed by atoms with Crippen LogP contribution in [0.5, 0.6) is 11.5 Å². The van der Waals surface area contributed by atoms with E-state index in [2.05, 4.69) is 32.0 Å². The van der Waals surface area contributed by atoms with Gasteiger partial charge in [-0.05, 0) is 66.6 Å². The zero-order valence-electron chi connectivity index (χ0n) is 17.2. The van der Waals surface area contributed by atoms with Crippen molar-refractivity contribution in [2.75, 3.05) is 6.61 Å². The zero-order valence-corrected chi connectivity index (χ0v) is 18.8. The van der Waals surface area contributed by atoms with E-state index in [1.165, 1.54) is 12.1 Å². The molecule has 0 saturated heterocycles. The lowest BCUT2D eigenvalue weighted by Crippen LogP contribution is -2.00. The maximum Gasteiger partial charge on any atom is 0.161 e. The Morgan fingerprint density at radius 3 is 2.66 bits per heavy atom. The molecule has 3 aromatic carbocycles.